The molecule has 7 nitrogen and oxygen atoms in total. The van der Waals surface area contributed by atoms with E-state index in [-0.39, 0.29) is 17.0 Å². The molecule has 0 aliphatic heterocycles. The molecule has 1 aromatic carbocycles. The minimum absolute atomic E-state index is 0.0977. The molecule has 8 heteroatoms. The fraction of sp³-hybridized carbons (Fsp3) is 0.182. The third-order valence-corrected chi connectivity index (χ3v) is 3.19. The van der Waals surface area contributed by atoms with Gasteiger partial charge in [0.15, 0.2) is 5.78 Å². The predicted molar refractivity (Wildman–Crippen MR) is 68.3 cm³/mol. The van der Waals surface area contributed by atoms with Crippen molar-refractivity contribution in [1.82, 2.24) is 15.2 Å². The van der Waals surface area contributed by atoms with E-state index in [0.717, 1.165) is 0 Å². The molecule has 0 atom stereocenters. The van der Waals surface area contributed by atoms with Crippen molar-refractivity contribution in [2.45, 2.75) is 23.9 Å². The number of hydrogen-bond acceptors (Lipinski definition) is 6. The largest absolute Gasteiger partial charge is 0.294 e. The number of benzene rings is 1. The Balaban J connectivity index is 2.35. The van der Waals surface area contributed by atoms with E-state index in [4.69, 9.17) is 0 Å². The highest BCUT2D eigenvalue weighted by atomic mass is 32.2. The highest BCUT2D eigenvalue weighted by Crippen LogP contribution is 2.30. The Morgan fingerprint density at radius 1 is 1.47 bits per heavy atom. The molecule has 0 aliphatic rings. The summed E-state index contributed by atoms with van der Waals surface area (Å²) in [7, 11) is 0. The lowest BCUT2D eigenvalue weighted by Crippen LogP contribution is -2.00. The van der Waals surface area contributed by atoms with Crippen LogP contribution in [-0.4, -0.2) is 25.9 Å². The van der Waals surface area contributed by atoms with Crippen LogP contribution < -0.4 is 0 Å². The summed E-state index contributed by atoms with van der Waals surface area (Å²) < 4.78 is 0. The standard InChI is InChI=1S/C11H10N4O3S/c1-6(16)9-4-3-8(5-10(9)15(17)18)19-11-12-7(2)13-14-11/h3-5H,1-2H3,(H,12,13,14). The van der Waals surface area contributed by atoms with Gasteiger partial charge in [0, 0.05) is 11.0 Å². The number of hydrogen-bond donors (Lipinski definition) is 1. The van der Waals surface area contributed by atoms with Gasteiger partial charge in [0.05, 0.1) is 10.5 Å². The number of ketones is 1. The minimum Gasteiger partial charge on any atom is -0.294 e. The minimum atomic E-state index is -0.565. The van der Waals surface area contributed by atoms with E-state index in [0.29, 0.717) is 15.9 Å². The summed E-state index contributed by atoms with van der Waals surface area (Å²) in [6.07, 6.45) is 0. The third-order valence-electron chi connectivity index (χ3n) is 2.33. The maximum absolute atomic E-state index is 11.3. The summed E-state index contributed by atoms with van der Waals surface area (Å²) in [5.41, 5.74) is -0.106. The molecule has 19 heavy (non-hydrogen) atoms. The zero-order valence-electron chi connectivity index (χ0n) is 10.2. The molecule has 98 valence electrons. The lowest BCUT2D eigenvalue weighted by molar-refractivity contribution is -0.385. The number of nitrogens with zero attached hydrogens (tertiary/aromatic N) is 3. The predicted octanol–water partition coefficient (Wildman–Crippen LogP) is 2.38. The van der Waals surface area contributed by atoms with Crippen LogP contribution in [0.5, 0.6) is 0 Å². The van der Waals surface area contributed by atoms with Crippen LogP contribution in [0.25, 0.3) is 0 Å². The molecule has 0 amide bonds. The molecule has 0 bridgehead atoms. The maximum atomic E-state index is 11.3. The van der Waals surface area contributed by atoms with Gasteiger partial charge in [-0.2, -0.15) is 0 Å². The number of carbonyl (C=O) groups is 1. The van der Waals surface area contributed by atoms with Crippen LogP contribution >= 0.6 is 11.8 Å². The summed E-state index contributed by atoms with van der Waals surface area (Å²) in [6, 6.07) is 4.44. The zero-order valence-corrected chi connectivity index (χ0v) is 11.0. The van der Waals surface area contributed by atoms with Crippen molar-refractivity contribution in [3.63, 3.8) is 0 Å². The van der Waals surface area contributed by atoms with Crippen LogP contribution in [0.1, 0.15) is 23.1 Å². The fourth-order valence-corrected chi connectivity index (χ4v) is 2.29. The van der Waals surface area contributed by atoms with Crippen LogP contribution in [0.3, 0.4) is 0 Å². The summed E-state index contributed by atoms with van der Waals surface area (Å²) in [4.78, 5) is 26.4. The SMILES string of the molecule is CC(=O)c1ccc(Sc2n[nH]c(C)n2)cc1[N+](=O)[O-]. The second kappa shape index (κ2) is 5.19. The quantitative estimate of drug-likeness (QED) is 0.523. The van der Waals surface area contributed by atoms with E-state index in [1.165, 1.54) is 30.8 Å². The van der Waals surface area contributed by atoms with Gasteiger partial charge in [-0.25, -0.2) is 4.98 Å². The van der Waals surface area contributed by atoms with Crippen molar-refractivity contribution in [1.29, 1.82) is 0 Å². The highest BCUT2D eigenvalue weighted by molar-refractivity contribution is 7.99. The Kier molecular flexibility index (Phi) is 3.61. The van der Waals surface area contributed by atoms with Crippen molar-refractivity contribution in [3.05, 3.63) is 39.7 Å². The fourth-order valence-electron chi connectivity index (χ4n) is 1.50. The number of H-pyrrole nitrogens is 1. The van der Waals surface area contributed by atoms with Gasteiger partial charge < -0.3 is 0 Å². The number of aromatic nitrogens is 3. The van der Waals surface area contributed by atoms with Crippen molar-refractivity contribution in [2.75, 3.05) is 0 Å². The van der Waals surface area contributed by atoms with Crippen LogP contribution in [0.15, 0.2) is 28.3 Å². The molecular formula is C11H10N4O3S. The number of nitrogens with one attached hydrogen (secondary N) is 1. The monoisotopic (exact) mass is 278 g/mol. The molecule has 0 unspecified atom stereocenters. The van der Waals surface area contributed by atoms with E-state index < -0.39 is 4.92 Å². The molecule has 1 N–H and O–H groups in total. The number of aryl methyl sites for hydroxylation is 1. The van der Waals surface area contributed by atoms with Gasteiger partial charge in [-0.1, -0.05) is 0 Å². The van der Waals surface area contributed by atoms with Gasteiger partial charge in [-0.3, -0.25) is 20.0 Å². The number of Topliss-reactive ketones (excluding diaryl/α,β-unsaturated/α-hetero) is 1. The van der Waals surface area contributed by atoms with Crippen LogP contribution in [0.2, 0.25) is 0 Å². The van der Waals surface area contributed by atoms with Crippen molar-refractivity contribution in [2.24, 2.45) is 0 Å². The maximum Gasteiger partial charge on any atom is 0.281 e. The van der Waals surface area contributed by atoms with Crippen LogP contribution in [0, 0.1) is 17.0 Å². The molecule has 2 rings (SSSR count). The number of rotatable bonds is 4. The molecule has 0 fully saturated rings. The Bertz CT molecular complexity index is 653. The molecule has 0 radical (unpaired) electrons. The molecular weight excluding hydrogens is 268 g/mol. The molecule has 0 aliphatic carbocycles. The van der Waals surface area contributed by atoms with Crippen LogP contribution in [0.4, 0.5) is 5.69 Å². The number of nitro benzene ring substituents is 1. The second-order valence-electron chi connectivity index (χ2n) is 3.80. The van der Waals surface area contributed by atoms with Gasteiger partial charge >= 0.3 is 0 Å². The molecule has 0 saturated carbocycles. The number of carbonyl (C=O) groups excluding carboxylic acids is 1. The van der Waals surface area contributed by atoms with Gasteiger partial charge in [-0.15, -0.1) is 5.10 Å². The lowest BCUT2D eigenvalue weighted by atomic mass is 10.1. The highest BCUT2D eigenvalue weighted by Gasteiger charge is 2.18. The summed E-state index contributed by atoms with van der Waals surface area (Å²) >= 11 is 1.19. The molecule has 1 heterocycles. The average molecular weight is 278 g/mol. The van der Waals surface area contributed by atoms with Gasteiger partial charge in [0.25, 0.3) is 5.69 Å². The summed E-state index contributed by atoms with van der Waals surface area (Å²) in [5, 5.41) is 18.0. The summed E-state index contributed by atoms with van der Waals surface area (Å²) in [6.45, 7) is 3.06. The van der Waals surface area contributed by atoms with E-state index in [1.54, 1.807) is 13.0 Å². The second-order valence-corrected chi connectivity index (χ2v) is 4.84. The van der Waals surface area contributed by atoms with Crippen LogP contribution in [-0.2, 0) is 0 Å². The first-order valence-corrected chi connectivity index (χ1v) is 6.15. The first kappa shape index (κ1) is 13.2. The average Bonchev–Trinajstić information content (AvgIpc) is 2.74. The van der Waals surface area contributed by atoms with Crippen molar-refractivity contribution < 1.29 is 9.72 Å². The Labute approximate surface area is 112 Å². The number of aromatic amines is 1. The topological polar surface area (TPSA) is 102 Å². The normalized spacial score (nSPS) is 10.4. The molecule has 2 aromatic rings. The molecule has 1 aromatic heterocycles. The zero-order chi connectivity index (χ0) is 14.0. The van der Waals surface area contributed by atoms with Gasteiger partial charge in [0.1, 0.15) is 5.82 Å². The Hall–Kier alpha value is -2.22. The Morgan fingerprint density at radius 3 is 2.74 bits per heavy atom. The molecule has 0 spiro atoms. The lowest BCUT2D eigenvalue weighted by Gasteiger charge is -2.01. The van der Waals surface area contributed by atoms with E-state index >= 15 is 0 Å². The van der Waals surface area contributed by atoms with Crippen molar-refractivity contribution in [3.8, 4) is 0 Å². The summed E-state index contributed by atoms with van der Waals surface area (Å²) in [5.74, 6) is 0.328. The van der Waals surface area contributed by atoms with E-state index in [2.05, 4.69) is 15.2 Å². The third kappa shape index (κ3) is 2.97. The Morgan fingerprint density at radius 2 is 2.21 bits per heavy atom. The first-order chi connectivity index (χ1) is 8.97. The molecule has 0 saturated heterocycles. The van der Waals surface area contributed by atoms with E-state index in [1.807, 2.05) is 0 Å². The van der Waals surface area contributed by atoms with E-state index in [9.17, 15) is 14.9 Å². The van der Waals surface area contributed by atoms with Gasteiger partial charge in [0.2, 0.25) is 5.16 Å². The number of nitro groups is 1. The van der Waals surface area contributed by atoms with Crippen molar-refractivity contribution >= 4 is 23.2 Å². The smallest absolute Gasteiger partial charge is 0.281 e. The first-order valence-electron chi connectivity index (χ1n) is 5.33. The van der Waals surface area contributed by atoms with Gasteiger partial charge in [-0.05, 0) is 37.7 Å².